The predicted molar refractivity (Wildman–Crippen MR) is 70.7 cm³/mol. The van der Waals surface area contributed by atoms with Crippen LogP contribution < -0.4 is 10.6 Å². The van der Waals surface area contributed by atoms with E-state index in [1.807, 2.05) is 0 Å². The highest BCUT2D eigenvalue weighted by molar-refractivity contribution is 5.96. The average molecular weight is 268 g/mol. The van der Waals surface area contributed by atoms with Crippen LogP contribution >= 0.6 is 0 Å². The van der Waals surface area contributed by atoms with Crippen LogP contribution in [-0.4, -0.2) is 33.4 Å². The van der Waals surface area contributed by atoms with Gasteiger partial charge in [0.2, 0.25) is 5.91 Å². The van der Waals surface area contributed by atoms with Gasteiger partial charge in [0.15, 0.2) is 0 Å². The first kappa shape index (κ1) is 15.0. The number of hydrogen-bond acceptors (Lipinski definition) is 4. The minimum Gasteiger partial charge on any atom is -0.444 e. The van der Waals surface area contributed by atoms with Crippen molar-refractivity contribution < 1.29 is 14.3 Å². The third-order valence-electron chi connectivity index (χ3n) is 2.10. The summed E-state index contributed by atoms with van der Waals surface area (Å²) in [6.45, 7) is 6.85. The Morgan fingerprint density at radius 1 is 1.42 bits per heavy atom. The summed E-state index contributed by atoms with van der Waals surface area (Å²) < 4.78 is 6.64. The maximum Gasteiger partial charge on any atom is 0.408 e. The van der Waals surface area contributed by atoms with Crippen LogP contribution in [0.4, 0.5) is 10.5 Å². The minimum atomic E-state index is -0.699. The Labute approximate surface area is 112 Å². The quantitative estimate of drug-likeness (QED) is 0.864. The van der Waals surface area contributed by atoms with Gasteiger partial charge in [0.25, 0.3) is 0 Å². The third kappa shape index (κ3) is 5.41. The molecule has 0 saturated heterocycles. The SMILES string of the molecule is CC(NC(=O)OC(C)(C)C)C(=O)Nc1cnn(C)c1. The first-order valence-corrected chi connectivity index (χ1v) is 5.96. The highest BCUT2D eigenvalue weighted by Crippen LogP contribution is 2.07. The molecule has 1 unspecified atom stereocenters. The molecule has 0 aliphatic heterocycles. The molecule has 7 nitrogen and oxygen atoms in total. The number of nitrogens with zero attached hydrogens (tertiary/aromatic N) is 2. The molecule has 2 N–H and O–H groups in total. The molecule has 0 aliphatic carbocycles. The highest BCUT2D eigenvalue weighted by Gasteiger charge is 2.21. The summed E-state index contributed by atoms with van der Waals surface area (Å²) in [6, 6.07) is -0.699. The second-order valence-electron chi connectivity index (χ2n) is 5.26. The Hall–Kier alpha value is -2.05. The maximum absolute atomic E-state index is 11.8. The van der Waals surface area contributed by atoms with Crippen LogP contribution in [0.1, 0.15) is 27.7 Å². The molecule has 0 radical (unpaired) electrons. The summed E-state index contributed by atoms with van der Waals surface area (Å²) in [4.78, 5) is 23.3. The molecule has 0 fully saturated rings. The first-order valence-electron chi connectivity index (χ1n) is 5.96. The predicted octanol–water partition coefficient (Wildman–Crippen LogP) is 1.27. The fourth-order valence-electron chi connectivity index (χ4n) is 1.29. The first-order chi connectivity index (χ1) is 8.67. The lowest BCUT2D eigenvalue weighted by atomic mass is 10.2. The smallest absolute Gasteiger partial charge is 0.408 e. The molecule has 19 heavy (non-hydrogen) atoms. The number of anilines is 1. The van der Waals surface area contributed by atoms with Gasteiger partial charge in [-0.2, -0.15) is 5.10 Å². The molecule has 1 rings (SSSR count). The van der Waals surface area contributed by atoms with Crippen molar-refractivity contribution in [2.45, 2.75) is 39.3 Å². The summed E-state index contributed by atoms with van der Waals surface area (Å²) >= 11 is 0. The maximum atomic E-state index is 11.8. The van der Waals surface area contributed by atoms with E-state index in [4.69, 9.17) is 4.74 Å². The number of nitrogens with one attached hydrogen (secondary N) is 2. The van der Waals surface area contributed by atoms with Crippen LogP contribution in [0.2, 0.25) is 0 Å². The molecule has 1 aromatic heterocycles. The molecule has 106 valence electrons. The fraction of sp³-hybridized carbons (Fsp3) is 0.583. The molecule has 1 aromatic rings. The number of aryl methyl sites for hydroxylation is 1. The van der Waals surface area contributed by atoms with Crippen LogP contribution in [-0.2, 0) is 16.6 Å². The molecule has 0 saturated carbocycles. The molecular weight excluding hydrogens is 248 g/mol. The standard InChI is InChI=1S/C12H20N4O3/c1-8(14-11(18)19-12(2,3)4)10(17)15-9-6-13-16(5)7-9/h6-8H,1-5H3,(H,14,18)(H,15,17). The van der Waals surface area contributed by atoms with E-state index in [0.717, 1.165) is 0 Å². The number of aromatic nitrogens is 2. The van der Waals surface area contributed by atoms with Crippen molar-refractivity contribution in [1.29, 1.82) is 0 Å². The van der Waals surface area contributed by atoms with Gasteiger partial charge in [-0.15, -0.1) is 0 Å². The fourth-order valence-corrected chi connectivity index (χ4v) is 1.29. The third-order valence-corrected chi connectivity index (χ3v) is 2.10. The van der Waals surface area contributed by atoms with Crippen molar-refractivity contribution >= 4 is 17.7 Å². The van der Waals surface area contributed by atoms with Crippen molar-refractivity contribution in [3.63, 3.8) is 0 Å². The van der Waals surface area contributed by atoms with E-state index < -0.39 is 17.7 Å². The molecule has 1 atom stereocenters. The second kappa shape index (κ2) is 5.73. The Bertz CT molecular complexity index is 462. The van der Waals surface area contributed by atoms with Gasteiger partial charge in [-0.3, -0.25) is 9.48 Å². The summed E-state index contributed by atoms with van der Waals surface area (Å²) in [6.07, 6.45) is 2.57. The zero-order chi connectivity index (χ0) is 14.6. The largest absolute Gasteiger partial charge is 0.444 e. The Morgan fingerprint density at radius 3 is 2.53 bits per heavy atom. The van der Waals surface area contributed by atoms with Gasteiger partial charge in [-0.05, 0) is 27.7 Å². The van der Waals surface area contributed by atoms with Crippen molar-refractivity contribution in [2.24, 2.45) is 7.05 Å². The van der Waals surface area contributed by atoms with Gasteiger partial charge >= 0.3 is 6.09 Å². The Balaban J connectivity index is 2.47. The number of alkyl carbamates (subject to hydrolysis) is 1. The average Bonchev–Trinajstić information content (AvgIpc) is 2.60. The van der Waals surface area contributed by atoms with Gasteiger partial charge in [0.1, 0.15) is 11.6 Å². The van der Waals surface area contributed by atoms with E-state index >= 15 is 0 Å². The molecular formula is C12H20N4O3. The number of carbonyl (C=O) groups excluding carboxylic acids is 2. The zero-order valence-electron chi connectivity index (χ0n) is 11.9. The van der Waals surface area contributed by atoms with Gasteiger partial charge in [0.05, 0.1) is 11.9 Å². The van der Waals surface area contributed by atoms with E-state index in [0.29, 0.717) is 5.69 Å². The summed E-state index contributed by atoms with van der Waals surface area (Å²) in [7, 11) is 1.75. The number of amides is 2. The molecule has 7 heteroatoms. The second-order valence-corrected chi connectivity index (χ2v) is 5.26. The van der Waals surface area contributed by atoms with Crippen molar-refractivity contribution in [2.75, 3.05) is 5.32 Å². The van der Waals surface area contributed by atoms with Crippen LogP contribution in [0.15, 0.2) is 12.4 Å². The highest BCUT2D eigenvalue weighted by atomic mass is 16.6. The van der Waals surface area contributed by atoms with E-state index in [9.17, 15) is 9.59 Å². The van der Waals surface area contributed by atoms with Crippen LogP contribution in [0.25, 0.3) is 0 Å². The summed E-state index contributed by atoms with van der Waals surface area (Å²) in [5.74, 6) is -0.334. The molecule has 1 heterocycles. The van der Waals surface area contributed by atoms with E-state index in [2.05, 4.69) is 15.7 Å². The number of ether oxygens (including phenoxy) is 1. The van der Waals surface area contributed by atoms with Gasteiger partial charge < -0.3 is 15.4 Å². The molecule has 2 amide bonds. The van der Waals surface area contributed by atoms with Crippen LogP contribution in [0, 0.1) is 0 Å². The number of hydrogen-bond donors (Lipinski definition) is 2. The Morgan fingerprint density at radius 2 is 2.05 bits per heavy atom. The molecule has 0 aromatic carbocycles. The van der Waals surface area contributed by atoms with Crippen molar-refractivity contribution in [1.82, 2.24) is 15.1 Å². The van der Waals surface area contributed by atoms with Crippen molar-refractivity contribution in [3.05, 3.63) is 12.4 Å². The summed E-state index contributed by atoms with van der Waals surface area (Å²) in [5, 5.41) is 9.03. The van der Waals surface area contributed by atoms with E-state index in [1.54, 1.807) is 45.6 Å². The van der Waals surface area contributed by atoms with E-state index in [1.165, 1.54) is 6.20 Å². The minimum absolute atomic E-state index is 0.334. The topological polar surface area (TPSA) is 85.2 Å². The van der Waals surface area contributed by atoms with E-state index in [-0.39, 0.29) is 5.91 Å². The summed E-state index contributed by atoms with van der Waals surface area (Å²) in [5.41, 5.74) is -0.0192. The normalized spacial score (nSPS) is 12.7. The van der Waals surface area contributed by atoms with Gasteiger partial charge in [-0.1, -0.05) is 0 Å². The zero-order valence-corrected chi connectivity index (χ0v) is 11.9. The lowest BCUT2D eigenvalue weighted by Crippen LogP contribution is -2.43. The molecule has 0 spiro atoms. The molecule has 0 bridgehead atoms. The lowest BCUT2D eigenvalue weighted by molar-refractivity contribution is -0.117. The lowest BCUT2D eigenvalue weighted by Gasteiger charge is -2.21. The van der Waals surface area contributed by atoms with Crippen LogP contribution in [0.3, 0.4) is 0 Å². The van der Waals surface area contributed by atoms with Gasteiger partial charge in [0, 0.05) is 13.2 Å². The number of carbonyl (C=O) groups is 2. The van der Waals surface area contributed by atoms with Crippen LogP contribution in [0.5, 0.6) is 0 Å². The van der Waals surface area contributed by atoms with Gasteiger partial charge in [-0.25, -0.2) is 4.79 Å². The number of rotatable bonds is 3. The van der Waals surface area contributed by atoms with Crippen molar-refractivity contribution in [3.8, 4) is 0 Å². The monoisotopic (exact) mass is 268 g/mol. The Kier molecular flexibility index (Phi) is 4.52. The molecule has 0 aliphatic rings.